The van der Waals surface area contributed by atoms with E-state index in [-0.39, 0.29) is 33.2 Å². The maximum Gasteiger partial charge on any atom is -1.00 e. The van der Waals surface area contributed by atoms with E-state index in [1.165, 1.54) is 55.7 Å². The van der Waals surface area contributed by atoms with Gasteiger partial charge in [-0.2, -0.15) is 0 Å². The Morgan fingerprint density at radius 3 is 1.24 bits per heavy atom. The first-order valence-electron chi connectivity index (χ1n) is 13.9. The van der Waals surface area contributed by atoms with Crippen molar-refractivity contribution in [2.45, 2.75) is 21.1 Å². The molecule has 0 fully saturated rings. The van der Waals surface area contributed by atoms with Gasteiger partial charge in [-0.05, 0) is 0 Å². The van der Waals surface area contributed by atoms with Crippen LogP contribution in [0.2, 0.25) is 0 Å². The summed E-state index contributed by atoms with van der Waals surface area (Å²) in [7, 11) is 0. The van der Waals surface area contributed by atoms with E-state index in [2.05, 4.69) is 153 Å². The normalized spacial score (nSPS) is 16.0. The predicted molar refractivity (Wildman–Crippen MR) is 173 cm³/mol. The molecule has 0 saturated heterocycles. The molecule has 0 N–H and O–H groups in total. The van der Waals surface area contributed by atoms with Gasteiger partial charge >= 0.3 is 241 Å². The smallest absolute Gasteiger partial charge is 1.00 e. The van der Waals surface area contributed by atoms with E-state index in [9.17, 15) is 0 Å². The number of fused-ring (bicyclic) bond motifs is 2. The molecule has 2 atom stereocenters. The maximum atomic E-state index is 2.50. The second kappa shape index (κ2) is 13.6. The molecule has 0 spiro atoms. The van der Waals surface area contributed by atoms with Crippen LogP contribution in [-0.4, -0.2) is 8.41 Å². The number of hydrogen-bond acceptors (Lipinski definition) is 0. The summed E-state index contributed by atoms with van der Waals surface area (Å²) in [5, 5.41) is 0. The first-order chi connectivity index (χ1) is 19.2. The summed E-state index contributed by atoms with van der Waals surface area (Å²) in [6.07, 6.45) is 5.00. The van der Waals surface area contributed by atoms with Gasteiger partial charge in [-0.3, -0.25) is 0 Å². The molecule has 0 saturated carbocycles. The van der Waals surface area contributed by atoms with Crippen LogP contribution in [0.1, 0.15) is 43.4 Å². The number of allylic oxidation sites excluding steroid dienone is 2. The Balaban J connectivity index is 0.00000135. The largest absolute Gasteiger partial charge is 1.00 e. The fraction of sp³-hybridized carbons (Fsp3) is 0.105. The van der Waals surface area contributed by atoms with Crippen molar-refractivity contribution in [1.82, 2.24) is 0 Å². The van der Waals surface area contributed by atoms with E-state index in [0.717, 1.165) is 0 Å². The average molecular weight is 664 g/mol. The molecule has 0 bridgehead atoms. The predicted octanol–water partition coefficient (Wildman–Crippen LogP) is 2.40. The van der Waals surface area contributed by atoms with Crippen LogP contribution in [0.25, 0.3) is 34.4 Å². The maximum absolute atomic E-state index is 2.50. The van der Waals surface area contributed by atoms with Gasteiger partial charge in [0.25, 0.3) is 0 Å². The molecular formula is C38H34BCl2Zr. The summed E-state index contributed by atoms with van der Waals surface area (Å²) in [6, 6.07) is 47.3. The quantitative estimate of drug-likeness (QED) is 0.254. The van der Waals surface area contributed by atoms with Gasteiger partial charge in [-0.15, -0.1) is 0 Å². The zero-order chi connectivity index (χ0) is 26.3. The third-order valence-corrected chi connectivity index (χ3v) is 17.7. The second-order valence-corrected chi connectivity index (χ2v) is 17.3. The van der Waals surface area contributed by atoms with Crippen molar-refractivity contribution in [3.63, 3.8) is 0 Å². The summed E-state index contributed by atoms with van der Waals surface area (Å²) in [6.45, 7) is 4.77. The van der Waals surface area contributed by atoms with Crippen molar-refractivity contribution in [1.29, 1.82) is 0 Å². The van der Waals surface area contributed by atoms with Gasteiger partial charge in [0, 0.05) is 0 Å². The zero-order valence-corrected chi connectivity index (χ0v) is 27.2. The Morgan fingerprint density at radius 1 is 0.452 bits per heavy atom. The van der Waals surface area contributed by atoms with Gasteiger partial charge in [0.05, 0.1) is 8.41 Å². The molecule has 2 aliphatic carbocycles. The monoisotopic (exact) mass is 661 g/mol. The molecule has 4 heteroatoms. The third-order valence-electron chi connectivity index (χ3n) is 8.46. The van der Waals surface area contributed by atoms with E-state index in [0.29, 0.717) is 7.25 Å². The van der Waals surface area contributed by atoms with Crippen LogP contribution in [0.5, 0.6) is 0 Å². The molecule has 0 aromatic heterocycles. The molecule has 0 amide bonds. The van der Waals surface area contributed by atoms with Crippen LogP contribution in [0, 0.1) is 0 Å². The van der Waals surface area contributed by atoms with E-state index in [1.807, 2.05) is 0 Å². The summed E-state index contributed by atoms with van der Waals surface area (Å²) in [5.74, 6) is 0. The molecule has 207 valence electrons. The fourth-order valence-corrected chi connectivity index (χ4v) is 16.4. The van der Waals surface area contributed by atoms with Crippen molar-refractivity contribution in [2.24, 2.45) is 0 Å². The minimum Gasteiger partial charge on any atom is -1.00 e. The Morgan fingerprint density at radius 2 is 0.833 bits per heavy atom. The Labute approximate surface area is 272 Å². The molecule has 0 nitrogen and oxygen atoms in total. The van der Waals surface area contributed by atoms with Crippen LogP contribution < -0.4 is 28.1 Å². The summed E-state index contributed by atoms with van der Waals surface area (Å²) < 4.78 is 2.62. The standard InChI is InChI=1S/2C16H13.C6H5.BH3.2ClH.Zr/c2*1-12-10-14-8-5-9-15(16(14)11-12)13-6-3-2-4-7-13;1-2-4-6-5-3-1;;;;/h2*2-11H,1H3;1-5H;1H3;2*1H;/q;;;;;;+2/p-2. The van der Waals surface area contributed by atoms with Crippen molar-refractivity contribution < 1.29 is 46.6 Å². The third kappa shape index (κ3) is 5.58. The van der Waals surface area contributed by atoms with Crippen molar-refractivity contribution in [2.75, 3.05) is 0 Å². The van der Waals surface area contributed by atoms with E-state index in [4.69, 9.17) is 0 Å². The Hall–Kier alpha value is -2.89. The van der Waals surface area contributed by atoms with E-state index < -0.39 is 21.8 Å². The van der Waals surface area contributed by atoms with Crippen LogP contribution in [0.3, 0.4) is 0 Å². The average Bonchev–Trinajstić information content (AvgIpc) is 3.50. The molecule has 0 heterocycles. The summed E-state index contributed by atoms with van der Waals surface area (Å²) in [5.41, 5.74) is 14.3. The number of halogens is 2. The SMILES string of the molecule is B.CC1=Cc2c(-c3ccccc3)cccc2[CH]1[Zr+2]([c]1ccccc1)[CH]1C(C)=Cc2c(-c3ccccc3)cccc21.[Cl-].[Cl-]. The minimum absolute atomic E-state index is 0. The molecule has 2 unspecified atom stereocenters. The molecule has 42 heavy (non-hydrogen) atoms. The van der Waals surface area contributed by atoms with Crippen molar-refractivity contribution in [3.8, 4) is 22.3 Å². The molecule has 2 aliphatic rings. The fourth-order valence-electron chi connectivity index (χ4n) is 6.80. The number of hydrogen-bond donors (Lipinski definition) is 0. The van der Waals surface area contributed by atoms with E-state index >= 15 is 0 Å². The Bertz CT molecular complexity index is 1620. The first-order valence-corrected chi connectivity index (χ1v) is 17.9. The topological polar surface area (TPSA) is 0 Å². The van der Waals surface area contributed by atoms with Gasteiger partial charge < -0.3 is 24.8 Å². The van der Waals surface area contributed by atoms with Crippen LogP contribution in [-0.2, 0) is 21.8 Å². The van der Waals surface area contributed by atoms with Crippen molar-refractivity contribution >= 4 is 23.8 Å². The Kier molecular flexibility index (Phi) is 10.4. The molecule has 5 aromatic rings. The van der Waals surface area contributed by atoms with Crippen LogP contribution in [0.15, 0.2) is 139 Å². The van der Waals surface area contributed by atoms with Gasteiger partial charge in [0.2, 0.25) is 0 Å². The zero-order valence-electron chi connectivity index (χ0n) is 23.2. The minimum atomic E-state index is -2.47. The molecule has 0 radical (unpaired) electrons. The van der Waals surface area contributed by atoms with Crippen LogP contribution >= 0.6 is 0 Å². The van der Waals surface area contributed by atoms with Crippen LogP contribution in [0.4, 0.5) is 0 Å². The van der Waals surface area contributed by atoms with Gasteiger partial charge in [-0.25, -0.2) is 0 Å². The van der Waals surface area contributed by atoms with Gasteiger partial charge in [0.1, 0.15) is 0 Å². The van der Waals surface area contributed by atoms with Gasteiger partial charge in [-0.1, -0.05) is 0 Å². The van der Waals surface area contributed by atoms with Crippen molar-refractivity contribution in [3.05, 3.63) is 161 Å². The second-order valence-electron chi connectivity index (χ2n) is 10.8. The molecule has 0 aliphatic heterocycles. The summed E-state index contributed by atoms with van der Waals surface area (Å²) >= 11 is -2.47. The van der Waals surface area contributed by atoms with E-state index in [1.54, 1.807) is 3.27 Å². The molecule has 5 aromatic carbocycles. The first kappa shape index (κ1) is 32.0. The molecular weight excluding hydrogens is 629 g/mol. The summed E-state index contributed by atoms with van der Waals surface area (Å²) in [4.78, 5) is 0. The van der Waals surface area contributed by atoms with Gasteiger partial charge in [0.15, 0.2) is 0 Å². The number of rotatable bonds is 5. The molecule has 7 rings (SSSR count). The number of benzene rings is 5.